The lowest BCUT2D eigenvalue weighted by atomic mass is 10.1. The monoisotopic (exact) mass is 309 g/mol. The zero-order valence-corrected chi connectivity index (χ0v) is 13.1. The van der Waals surface area contributed by atoms with Crippen molar-refractivity contribution in [3.8, 4) is 11.5 Å². The number of methoxy groups -OCH3 is 2. The molecule has 0 aromatic heterocycles. The zero-order valence-electron chi connectivity index (χ0n) is 13.1. The zero-order chi connectivity index (χ0) is 16.5. The van der Waals surface area contributed by atoms with Gasteiger partial charge in [-0.2, -0.15) is 0 Å². The number of carbonyl (C=O) groups excluding carboxylic acids is 2. The molecule has 1 atom stereocenters. The summed E-state index contributed by atoms with van der Waals surface area (Å²) in [5, 5.41) is 5.23. The van der Waals surface area contributed by atoms with Crippen molar-refractivity contribution in [1.82, 2.24) is 10.6 Å². The van der Waals surface area contributed by atoms with Crippen molar-refractivity contribution in [2.75, 3.05) is 27.3 Å². The fraction of sp³-hybridized carbons (Fsp3) is 0.467. The van der Waals surface area contributed by atoms with Crippen LogP contribution in [0.3, 0.4) is 0 Å². The molecule has 7 heteroatoms. The molecule has 0 saturated carbocycles. The van der Waals surface area contributed by atoms with Crippen LogP contribution in [0, 0.1) is 0 Å². The first kappa shape index (κ1) is 17.8. The molecule has 1 unspecified atom stereocenters. The number of benzene rings is 1. The quantitative estimate of drug-likeness (QED) is 0.618. The molecule has 1 aromatic rings. The van der Waals surface area contributed by atoms with Crippen molar-refractivity contribution < 1.29 is 19.1 Å². The molecule has 122 valence electrons. The molecular weight excluding hydrogens is 286 g/mol. The van der Waals surface area contributed by atoms with E-state index in [9.17, 15) is 9.59 Å². The van der Waals surface area contributed by atoms with Crippen molar-refractivity contribution in [3.63, 3.8) is 0 Å². The molecule has 0 aliphatic rings. The number of carbonyl (C=O) groups is 2. The van der Waals surface area contributed by atoms with Crippen molar-refractivity contribution in [3.05, 3.63) is 23.8 Å². The van der Waals surface area contributed by atoms with E-state index in [0.29, 0.717) is 17.9 Å². The Kier molecular flexibility index (Phi) is 7.18. The summed E-state index contributed by atoms with van der Waals surface area (Å²) in [4.78, 5) is 22.7. The highest BCUT2D eigenvalue weighted by Crippen LogP contribution is 2.27. The molecule has 0 spiro atoms. The Hall–Kier alpha value is -2.28. The summed E-state index contributed by atoms with van der Waals surface area (Å²) in [6.45, 7) is 1.68. The molecule has 22 heavy (non-hydrogen) atoms. The van der Waals surface area contributed by atoms with E-state index in [1.54, 1.807) is 14.2 Å². The number of hydrogen-bond acceptors (Lipinski definition) is 5. The van der Waals surface area contributed by atoms with Gasteiger partial charge < -0.3 is 25.8 Å². The van der Waals surface area contributed by atoms with Crippen LogP contribution in [-0.2, 0) is 16.0 Å². The van der Waals surface area contributed by atoms with Crippen molar-refractivity contribution in [1.29, 1.82) is 0 Å². The van der Waals surface area contributed by atoms with Crippen LogP contribution in [0.2, 0.25) is 0 Å². The lowest BCUT2D eigenvalue weighted by Gasteiger charge is -2.15. The van der Waals surface area contributed by atoms with Crippen molar-refractivity contribution in [2.45, 2.75) is 19.4 Å². The van der Waals surface area contributed by atoms with E-state index in [2.05, 4.69) is 10.6 Å². The van der Waals surface area contributed by atoms with Gasteiger partial charge in [0.15, 0.2) is 11.5 Å². The molecule has 0 fully saturated rings. The van der Waals surface area contributed by atoms with E-state index >= 15 is 0 Å². The first-order chi connectivity index (χ1) is 10.5. The smallest absolute Gasteiger partial charge is 0.239 e. The maximum absolute atomic E-state index is 11.7. The summed E-state index contributed by atoms with van der Waals surface area (Å²) in [7, 11) is 3.16. The molecule has 7 nitrogen and oxygen atoms in total. The number of hydrogen-bond donors (Lipinski definition) is 3. The third-order valence-corrected chi connectivity index (χ3v) is 3.03. The van der Waals surface area contributed by atoms with Gasteiger partial charge in [-0.1, -0.05) is 6.07 Å². The van der Waals surface area contributed by atoms with Crippen LogP contribution in [0.1, 0.15) is 12.5 Å². The van der Waals surface area contributed by atoms with Gasteiger partial charge in [-0.25, -0.2) is 0 Å². The maximum Gasteiger partial charge on any atom is 0.239 e. The number of nitrogens with one attached hydrogen (secondary N) is 2. The van der Waals surface area contributed by atoms with Gasteiger partial charge in [0.05, 0.1) is 27.3 Å². The van der Waals surface area contributed by atoms with E-state index in [1.807, 2.05) is 25.1 Å². The van der Waals surface area contributed by atoms with Crippen LogP contribution in [0.15, 0.2) is 18.2 Å². The molecule has 1 rings (SSSR count). The van der Waals surface area contributed by atoms with Crippen LogP contribution in [0.25, 0.3) is 0 Å². The first-order valence-electron chi connectivity index (χ1n) is 6.97. The summed E-state index contributed by atoms with van der Waals surface area (Å²) >= 11 is 0. The average Bonchev–Trinajstić information content (AvgIpc) is 2.52. The molecule has 4 N–H and O–H groups in total. The molecule has 0 bridgehead atoms. The van der Waals surface area contributed by atoms with E-state index in [1.165, 1.54) is 0 Å². The minimum Gasteiger partial charge on any atom is -0.493 e. The molecule has 1 aromatic carbocycles. The predicted molar refractivity (Wildman–Crippen MR) is 82.9 cm³/mol. The van der Waals surface area contributed by atoms with E-state index in [4.69, 9.17) is 15.2 Å². The van der Waals surface area contributed by atoms with Crippen LogP contribution in [-0.4, -0.2) is 45.2 Å². The standard InChI is InChI=1S/C15H23N3O4/c1-10(18-15(20)9-17-14(19)8-16)6-11-4-5-12(21-2)13(7-11)22-3/h4-5,7,10H,6,8-9,16H2,1-3H3,(H,17,19)(H,18,20). The van der Waals surface area contributed by atoms with Crippen molar-refractivity contribution in [2.24, 2.45) is 5.73 Å². The Morgan fingerprint density at radius 2 is 1.86 bits per heavy atom. The number of ether oxygens (including phenoxy) is 2. The van der Waals surface area contributed by atoms with Gasteiger partial charge in [-0.05, 0) is 31.0 Å². The molecule has 0 radical (unpaired) electrons. The highest BCUT2D eigenvalue weighted by atomic mass is 16.5. The summed E-state index contributed by atoms with van der Waals surface area (Å²) in [6.07, 6.45) is 0.636. The van der Waals surface area contributed by atoms with Crippen LogP contribution in [0.4, 0.5) is 0 Å². The Morgan fingerprint density at radius 3 is 2.45 bits per heavy atom. The molecule has 0 aliphatic heterocycles. The third-order valence-electron chi connectivity index (χ3n) is 3.03. The average molecular weight is 309 g/mol. The second-order valence-electron chi connectivity index (χ2n) is 4.84. The highest BCUT2D eigenvalue weighted by Gasteiger charge is 2.11. The Bertz CT molecular complexity index is 520. The topological polar surface area (TPSA) is 103 Å². The van der Waals surface area contributed by atoms with Crippen LogP contribution < -0.4 is 25.8 Å². The summed E-state index contributed by atoms with van der Waals surface area (Å²) < 4.78 is 10.4. The summed E-state index contributed by atoms with van der Waals surface area (Å²) in [5.41, 5.74) is 6.16. The maximum atomic E-state index is 11.7. The van der Waals surface area contributed by atoms with Crippen molar-refractivity contribution >= 4 is 11.8 Å². The third kappa shape index (κ3) is 5.61. The molecule has 0 saturated heterocycles. The second kappa shape index (κ2) is 8.89. The van der Waals surface area contributed by atoms with E-state index < -0.39 is 0 Å². The molecule has 0 aliphatic carbocycles. The predicted octanol–water partition coefficient (Wildman–Crippen LogP) is -0.174. The van der Waals surface area contributed by atoms with Crippen LogP contribution >= 0.6 is 0 Å². The van der Waals surface area contributed by atoms with Crippen LogP contribution in [0.5, 0.6) is 11.5 Å². The molecule has 2 amide bonds. The van der Waals surface area contributed by atoms with Gasteiger partial charge in [0.25, 0.3) is 0 Å². The molecular formula is C15H23N3O4. The lowest BCUT2D eigenvalue weighted by Crippen LogP contribution is -2.43. The Balaban J connectivity index is 2.52. The van der Waals surface area contributed by atoms with Gasteiger partial charge in [0.1, 0.15) is 0 Å². The van der Waals surface area contributed by atoms with E-state index in [0.717, 1.165) is 5.56 Å². The minimum atomic E-state index is -0.359. The van der Waals surface area contributed by atoms with E-state index in [-0.39, 0.29) is 30.9 Å². The first-order valence-corrected chi connectivity index (χ1v) is 6.97. The number of amides is 2. The van der Waals surface area contributed by atoms with Gasteiger partial charge >= 0.3 is 0 Å². The summed E-state index contributed by atoms with van der Waals surface area (Å²) in [5.74, 6) is 0.693. The van der Waals surface area contributed by atoms with Gasteiger partial charge in [0, 0.05) is 6.04 Å². The second-order valence-corrected chi connectivity index (χ2v) is 4.84. The molecule has 0 heterocycles. The Labute approximate surface area is 130 Å². The van der Waals surface area contributed by atoms with Gasteiger partial charge in [-0.3, -0.25) is 9.59 Å². The number of rotatable bonds is 8. The minimum absolute atomic E-state index is 0.0771. The van der Waals surface area contributed by atoms with Gasteiger partial charge in [-0.15, -0.1) is 0 Å². The fourth-order valence-electron chi connectivity index (χ4n) is 1.99. The normalized spacial score (nSPS) is 11.5. The van der Waals surface area contributed by atoms with Gasteiger partial charge in [0.2, 0.25) is 11.8 Å². The largest absolute Gasteiger partial charge is 0.493 e. The lowest BCUT2D eigenvalue weighted by molar-refractivity contribution is -0.125. The fourth-order valence-corrected chi connectivity index (χ4v) is 1.99. The Morgan fingerprint density at radius 1 is 1.18 bits per heavy atom. The summed E-state index contributed by atoms with van der Waals surface area (Å²) in [6, 6.07) is 5.53. The SMILES string of the molecule is COc1ccc(CC(C)NC(=O)CNC(=O)CN)cc1OC. The highest BCUT2D eigenvalue weighted by molar-refractivity contribution is 5.85. The number of nitrogens with two attached hydrogens (primary N) is 1.